The Morgan fingerprint density at radius 2 is 1.76 bits per heavy atom. The summed E-state index contributed by atoms with van der Waals surface area (Å²) in [6.07, 6.45) is 0. The Hall–Kier alpha value is -0.520. The quantitative estimate of drug-likeness (QED) is 0.893. The molecule has 1 aromatic rings. The minimum absolute atomic E-state index is 0.226. The van der Waals surface area contributed by atoms with Crippen molar-refractivity contribution in [1.82, 2.24) is 5.32 Å². The lowest BCUT2D eigenvalue weighted by atomic mass is 10.0. The summed E-state index contributed by atoms with van der Waals surface area (Å²) in [4.78, 5) is 0. The molecule has 1 aromatic carbocycles. The molecule has 0 spiro atoms. The maximum Gasteiger partial charge on any atom is 0.127 e. The van der Waals surface area contributed by atoms with Crippen molar-refractivity contribution in [3.63, 3.8) is 0 Å². The van der Waals surface area contributed by atoms with Crippen LogP contribution in [0.1, 0.15) is 25.5 Å². The Balaban J connectivity index is 2.33. The van der Waals surface area contributed by atoms with Crippen LogP contribution in [0, 0.1) is 0 Å². The lowest BCUT2D eigenvalue weighted by Gasteiger charge is -2.36. The average molecular weight is 328 g/mol. The molecule has 0 radical (unpaired) electrons. The van der Waals surface area contributed by atoms with Crippen molar-refractivity contribution in [1.29, 1.82) is 0 Å². The lowest BCUT2D eigenvalue weighted by Crippen LogP contribution is -2.36. The fourth-order valence-electron chi connectivity index (χ4n) is 2.69. The van der Waals surface area contributed by atoms with Gasteiger partial charge in [0.25, 0.3) is 0 Å². The molecule has 5 heteroatoms. The SMILES string of the molecule is CNC(c1c(OC)cccc1OC)C1CSC(C)C(C)S1. The molecule has 3 nitrogen and oxygen atoms in total. The molecule has 0 saturated carbocycles. The third-order valence-corrected chi connectivity index (χ3v) is 7.53. The highest BCUT2D eigenvalue weighted by Gasteiger charge is 2.34. The van der Waals surface area contributed by atoms with Gasteiger partial charge in [-0.1, -0.05) is 19.9 Å². The molecule has 0 bridgehead atoms. The van der Waals surface area contributed by atoms with Crippen molar-refractivity contribution in [2.75, 3.05) is 27.0 Å². The molecule has 0 amide bonds. The first-order valence-electron chi connectivity index (χ1n) is 7.27. The van der Waals surface area contributed by atoms with Gasteiger partial charge >= 0.3 is 0 Å². The molecule has 1 aliphatic rings. The number of thioether (sulfide) groups is 2. The second kappa shape index (κ2) is 7.65. The van der Waals surface area contributed by atoms with E-state index in [1.54, 1.807) is 14.2 Å². The van der Waals surface area contributed by atoms with Crippen LogP contribution in [0.3, 0.4) is 0 Å². The number of benzene rings is 1. The Morgan fingerprint density at radius 3 is 2.24 bits per heavy atom. The van der Waals surface area contributed by atoms with Crippen LogP contribution < -0.4 is 14.8 Å². The van der Waals surface area contributed by atoms with Gasteiger partial charge in [0.05, 0.1) is 25.8 Å². The lowest BCUT2D eigenvalue weighted by molar-refractivity contribution is 0.373. The van der Waals surface area contributed by atoms with Crippen LogP contribution in [0.2, 0.25) is 0 Å². The Bertz CT molecular complexity index is 447. The number of ether oxygens (including phenoxy) is 2. The van der Waals surface area contributed by atoms with Gasteiger partial charge in [0, 0.05) is 21.5 Å². The predicted octanol–water partition coefficient (Wildman–Crippen LogP) is 3.59. The molecular formula is C16H25NO2S2. The van der Waals surface area contributed by atoms with Crippen LogP contribution in [-0.2, 0) is 0 Å². The summed E-state index contributed by atoms with van der Waals surface area (Å²) < 4.78 is 11.1. The number of hydrogen-bond acceptors (Lipinski definition) is 5. The Morgan fingerprint density at radius 1 is 1.14 bits per heavy atom. The zero-order valence-corrected chi connectivity index (χ0v) is 15.0. The summed E-state index contributed by atoms with van der Waals surface area (Å²) in [7, 11) is 5.46. The van der Waals surface area contributed by atoms with Crippen LogP contribution in [-0.4, -0.2) is 42.8 Å². The second-order valence-corrected chi connectivity index (χ2v) is 8.29. The second-order valence-electron chi connectivity index (χ2n) is 5.26. The van der Waals surface area contributed by atoms with Crippen LogP contribution >= 0.6 is 23.5 Å². The molecule has 1 saturated heterocycles. The molecule has 4 atom stereocenters. The zero-order chi connectivity index (χ0) is 15.4. The Kier molecular flexibility index (Phi) is 6.14. The van der Waals surface area contributed by atoms with Crippen molar-refractivity contribution < 1.29 is 9.47 Å². The van der Waals surface area contributed by atoms with Crippen molar-refractivity contribution in [3.05, 3.63) is 23.8 Å². The van der Waals surface area contributed by atoms with Crippen LogP contribution in [0.4, 0.5) is 0 Å². The highest BCUT2D eigenvalue weighted by atomic mass is 32.2. The summed E-state index contributed by atoms with van der Waals surface area (Å²) in [6, 6.07) is 6.22. The predicted molar refractivity (Wildman–Crippen MR) is 94.1 cm³/mol. The van der Waals surface area contributed by atoms with Crippen LogP contribution in [0.15, 0.2) is 18.2 Å². The maximum absolute atomic E-state index is 5.57. The molecule has 1 heterocycles. The molecule has 0 aromatic heterocycles. The third-order valence-electron chi connectivity index (χ3n) is 4.03. The number of hydrogen-bond donors (Lipinski definition) is 1. The van der Waals surface area contributed by atoms with Crippen LogP contribution in [0.25, 0.3) is 0 Å². The fraction of sp³-hybridized carbons (Fsp3) is 0.625. The van der Waals surface area contributed by atoms with Gasteiger partial charge in [-0.25, -0.2) is 0 Å². The van der Waals surface area contributed by atoms with Gasteiger partial charge in [-0.05, 0) is 19.2 Å². The first-order chi connectivity index (χ1) is 10.1. The van der Waals surface area contributed by atoms with Gasteiger partial charge in [-0.15, -0.1) is 0 Å². The fourth-order valence-corrected chi connectivity index (χ4v) is 5.82. The molecule has 1 fully saturated rings. The highest BCUT2D eigenvalue weighted by molar-refractivity contribution is 8.07. The number of nitrogens with one attached hydrogen (secondary N) is 1. The van der Waals surface area contributed by atoms with Crippen LogP contribution in [0.5, 0.6) is 11.5 Å². The van der Waals surface area contributed by atoms with Crippen molar-refractivity contribution >= 4 is 23.5 Å². The summed E-state index contributed by atoms with van der Waals surface area (Å²) in [6.45, 7) is 4.64. The average Bonchev–Trinajstić information content (AvgIpc) is 2.51. The first-order valence-corrected chi connectivity index (χ1v) is 9.26. The van der Waals surface area contributed by atoms with E-state index in [0.29, 0.717) is 15.7 Å². The van der Waals surface area contributed by atoms with E-state index in [1.165, 1.54) is 0 Å². The van der Waals surface area contributed by atoms with E-state index in [4.69, 9.17) is 9.47 Å². The first kappa shape index (κ1) is 16.8. The maximum atomic E-state index is 5.57. The van der Waals surface area contributed by atoms with E-state index in [9.17, 15) is 0 Å². The molecule has 2 rings (SSSR count). The van der Waals surface area contributed by atoms with Gasteiger partial charge in [0.2, 0.25) is 0 Å². The van der Waals surface area contributed by atoms with Gasteiger partial charge in [0.15, 0.2) is 0 Å². The molecule has 1 aliphatic heterocycles. The topological polar surface area (TPSA) is 30.5 Å². The standard InChI is InChI=1S/C16H25NO2S2/c1-10-11(2)21-14(9-20-10)16(17-3)15-12(18-4)7-6-8-13(15)19-5/h6-8,10-11,14,16-17H,9H2,1-5H3. The molecule has 1 N–H and O–H groups in total. The third kappa shape index (κ3) is 3.63. The molecule has 0 aliphatic carbocycles. The smallest absolute Gasteiger partial charge is 0.127 e. The van der Waals surface area contributed by atoms with Gasteiger partial charge in [-0.2, -0.15) is 23.5 Å². The molecule has 4 unspecified atom stereocenters. The van der Waals surface area contributed by atoms with Crippen molar-refractivity contribution in [3.8, 4) is 11.5 Å². The number of methoxy groups -OCH3 is 2. The van der Waals surface area contributed by atoms with E-state index in [1.807, 2.05) is 25.2 Å². The van der Waals surface area contributed by atoms with Crippen molar-refractivity contribution in [2.45, 2.75) is 35.6 Å². The van der Waals surface area contributed by atoms with E-state index in [0.717, 1.165) is 22.8 Å². The van der Waals surface area contributed by atoms with Gasteiger partial charge in [-0.3, -0.25) is 0 Å². The minimum atomic E-state index is 0.226. The summed E-state index contributed by atoms with van der Waals surface area (Å²) >= 11 is 4.12. The molecular weight excluding hydrogens is 302 g/mol. The van der Waals surface area contributed by atoms with Crippen molar-refractivity contribution in [2.24, 2.45) is 0 Å². The number of rotatable bonds is 5. The van der Waals surface area contributed by atoms with E-state index >= 15 is 0 Å². The normalized spacial score (nSPS) is 27.2. The van der Waals surface area contributed by atoms with Gasteiger partial charge in [0.1, 0.15) is 11.5 Å². The van der Waals surface area contributed by atoms with E-state index in [2.05, 4.69) is 42.7 Å². The minimum Gasteiger partial charge on any atom is -0.496 e. The monoisotopic (exact) mass is 327 g/mol. The summed E-state index contributed by atoms with van der Waals surface area (Å²) in [5, 5.41) is 5.36. The summed E-state index contributed by atoms with van der Waals surface area (Å²) in [5.74, 6) is 2.93. The van der Waals surface area contributed by atoms with Gasteiger partial charge < -0.3 is 14.8 Å². The molecule has 118 valence electrons. The largest absolute Gasteiger partial charge is 0.496 e. The van der Waals surface area contributed by atoms with E-state index in [-0.39, 0.29) is 6.04 Å². The Labute approximate surface area is 136 Å². The summed E-state index contributed by atoms with van der Waals surface area (Å²) in [5.41, 5.74) is 1.13. The molecule has 21 heavy (non-hydrogen) atoms. The van der Waals surface area contributed by atoms with E-state index < -0.39 is 0 Å². The highest BCUT2D eigenvalue weighted by Crippen LogP contribution is 2.45. The zero-order valence-electron chi connectivity index (χ0n) is 13.4.